The van der Waals surface area contributed by atoms with Gasteiger partial charge < -0.3 is 9.47 Å². The van der Waals surface area contributed by atoms with Crippen LogP contribution >= 0.6 is 0 Å². The van der Waals surface area contributed by atoms with E-state index in [2.05, 4.69) is 4.72 Å². The first-order chi connectivity index (χ1) is 14.5. The van der Waals surface area contributed by atoms with Crippen LogP contribution in [-0.4, -0.2) is 41.3 Å². The van der Waals surface area contributed by atoms with E-state index in [1.54, 1.807) is 12.1 Å². The monoisotopic (exact) mass is 468 g/mol. The Morgan fingerprint density at radius 1 is 1.10 bits per heavy atom. The number of benzene rings is 2. The minimum Gasteiger partial charge on any atom is -0.490 e. The van der Waals surface area contributed by atoms with Crippen molar-refractivity contribution in [2.24, 2.45) is 5.14 Å². The molecule has 2 aromatic carbocycles. The summed E-state index contributed by atoms with van der Waals surface area (Å²) in [7, 11) is -7.18. The van der Waals surface area contributed by atoms with Gasteiger partial charge in [-0.25, -0.2) is 26.7 Å². The lowest BCUT2D eigenvalue weighted by atomic mass is 10.0. The van der Waals surface area contributed by atoms with E-state index in [0.717, 1.165) is 23.3 Å². The second kappa shape index (κ2) is 9.15. The Balaban J connectivity index is 1.42. The summed E-state index contributed by atoms with van der Waals surface area (Å²) in [5.41, 5.74) is 1.63. The van der Waals surface area contributed by atoms with Crippen LogP contribution in [0.4, 0.5) is 0 Å². The normalized spacial score (nSPS) is 15.3. The van der Waals surface area contributed by atoms with Crippen LogP contribution in [0.5, 0.6) is 11.5 Å². The molecule has 0 aliphatic carbocycles. The highest BCUT2D eigenvalue weighted by molar-refractivity contribution is 7.89. The number of primary sulfonamides is 1. The van der Waals surface area contributed by atoms with Gasteiger partial charge in [-0.3, -0.25) is 0 Å². The first-order valence-electron chi connectivity index (χ1n) is 9.98. The fourth-order valence-electron chi connectivity index (χ4n) is 3.40. The van der Waals surface area contributed by atoms with Crippen LogP contribution < -0.4 is 19.3 Å². The molecule has 0 atom stereocenters. The summed E-state index contributed by atoms with van der Waals surface area (Å²) in [4.78, 5) is 0.0230. The highest BCUT2D eigenvalue weighted by atomic mass is 32.2. The highest BCUT2D eigenvalue weighted by Gasteiger charge is 2.32. The molecule has 1 aliphatic rings. The van der Waals surface area contributed by atoms with Crippen LogP contribution in [0.3, 0.4) is 0 Å². The lowest BCUT2D eigenvalue weighted by molar-refractivity contribution is 0.132. The smallest absolute Gasteiger partial charge is 0.238 e. The molecule has 0 bridgehead atoms. The summed E-state index contributed by atoms with van der Waals surface area (Å²) >= 11 is 0. The maximum atomic E-state index is 12.2. The maximum absolute atomic E-state index is 12.2. The summed E-state index contributed by atoms with van der Waals surface area (Å²) in [5, 5.41) is 5.06. The third kappa shape index (κ3) is 6.67. The Bertz CT molecular complexity index is 1130. The molecule has 3 N–H and O–H groups in total. The molecular weight excluding hydrogens is 440 g/mol. The van der Waals surface area contributed by atoms with Crippen molar-refractivity contribution < 1.29 is 26.3 Å². The summed E-state index contributed by atoms with van der Waals surface area (Å²) in [5.74, 6) is 1.32. The number of fused-ring (bicyclic) bond motifs is 1. The molecule has 0 saturated heterocycles. The molecular formula is C21H28N2O6S2. The zero-order chi connectivity index (χ0) is 22.7. The van der Waals surface area contributed by atoms with Gasteiger partial charge in [-0.1, -0.05) is 24.3 Å². The van der Waals surface area contributed by atoms with E-state index in [1.807, 2.05) is 32.0 Å². The minimum atomic E-state index is -3.74. The number of hydrogen-bond donors (Lipinski definition) is 2. The number of para-hydroxylation sites is 1. The molecule has 0 aromatic heterocycles. The number of sulfonamides is 2. The summed E-state index contributed by atoms with van der Waals surface area (Å²) < 4.78 is 61.2. The molecule has 0 fully saturated rings. The molecule has 0 saturated carbocycles. The Labute approximate surface area is 183 Å². The molecule has 0 unspecified atom stereocenters. The topological polar surface area (TPSA) is 125 Å². The third-order valence-corrected chi connectivity index (χ3v) is 7.26. The first kappa shape index (κ1) is 23.5. The first-order valence-corrected chi connectivity index (χ1v) is 13.2. The van der Waals surface area contributed by atoms with Gasteiger partial charge in [0.2, 0.25) is 20.0 Å². The van der Waals surface area contributed by atoms with Crippen molar-refractivity contribution in [3.8, 4) is 11.5 Å². The fourth-order valence-corrected chi connectivity index (χ4v) is 4.97. The van der Waals surface area contributed by atoms with Crippen LogP contribution in [-0.2, 0) is 32.9 Å². The van der Waals surface area contributed by atoms with Crippen LogP contribution in [0, 0.1) is 0 Å². The van der Waals surface area contributed by atoms with Gasteiger partial charge >= 0.3 is 0 Å². The minimum absolute atomic E-state index is 0.0230. The Morgan fingerprint density at radius 3 is 2.48 bits per heavy atom. The Hall–Kier alpha value is -2.14. The molecule has 1 aliphatic heterocycles. The second-order valence-electron chi connectivity index (χ2n) is 8.14. The van der Waals surface area contributed by atoms with Crippen LogP contribution in [0.25, 0.3) is 0 Å². The quantitative estimate of drug-likeness (QED) is 0.514. The van der Waals surface area contributed by atoms with E-state index in [-0.39, 0.29) is 29.4 Å². The van der Waals surface area contributed by atoms with E-state index in [1.165, 1.54) is 12.1 Å². The maximum Gasteiger partial charge on any atom is 0.238 e. The Morgan fingerprint density at radius 2 is 1.81 bits per heavy atom. The summed E-state index contributed by atoms with van der Waals surface area (Å²) in [6.45, 7) is 4.51. The van der Waals surface area contributed by atoms with Crippen molar-refractivity contribution in [3.05, 3.63) is 53.6 Å². The largest absolute Gasteiger partial charge is 0.490 e. The standard InChI is InChI=1S/C21H28N2O6S2/c1-21(2)15-17-5-3-6-19(20(17)29-21)28-13-4-14-30(24,25)23-12-11-16-7-9-18(10-8-16)31(22,26)27/h3,5-10,23H,4,11-15H2,1-2H3,(H2,22,26,27). The van der Waals surface area contributed by atoms with E-state index in [0.29, 0.717) is 18.6 Å². The van der Waals surface area contributed by atoms with Crippen LogP contribution in [0.2, 0.25) is 0 Å². The van der Waals surface area contributed by atoms with Gasteiger partial charge in [0.1, 0.15) is 5.60 Å². The summed E-state index contributed by atoms with van der Waals surface area (Å²) in [6.07, 6.45) is 1.58. The molecule has 0 amide bonds. The highest BCUT2D eigenvalue weighted by Crippen LogP contribution is 2.41. The average Bonchev–Trinajstić information content (AvgIpc) is 2.99. The van der Waals surface area contributed by atoms with Crippen molar-refractivity contribution in [1.82, 2.24) is 4.72 Å². The molecule has 170 valence electrons. The fraction of sp³-hybridized carbons (Fsp3) is 0.429. The zero-order valence-electron chi connectivity index (χ0n) is 17.6. The number of nitrogens with one attached hydrogen (secondary N) is 1. The van der Waals surface area contributed by atoms with Crippen LogP contribution in [0.15, 0.2) is 47.4 Å². The molecule has 1 heterocycles. The number of hydrogen-bond acceptors (Lipinski definition) is 6. The van der Waals surface area contributed by atoms with Crippen molar-refractivity contribution in [1.29, 1.82) is 0 Å². The van der Waals surface area contributed by atoms with Crippen molar-refractivity contribution in [2.75, 3.05) is 18.9 Å². The van der Waals surface area contributed by atoms with Gasteiger partial charge in [-0.15, -0.1) is 0 Å². The van der Waals surface area contributed by atoms with Gasteiger partial charge in [0.05, 0.1) is 17.3 Å². The third-order valence-electron chi connectivity index (χ3n) is 4.86. The second-order valence-corrected chi connectivity index (χ2v) is 11.6. The van der Waals surface area contributed by atoms with Gasteiger partial charge in [0.25, 0.3) is 0 Å². The Kier molecular flexibility index (Phi) is 6.95. The van der Waals surface area contributed by atoms with Gasteiger partial charge in [-0.2, -0.15) is 0 Å². The van der Waals surface area contributed by atoms with E-state index >= 15 is 0 Å². The van der Waals surface area contributed by atoms with Gasteiger partial charge in [0.15, 0.2) is 11.5 Å². The van der Waals surface area contributed by atoms with Crippen LogP contribution in [0.1, 0.15) is 31.4 Å². The molecule has 3 rings (SSSR count). The van der Waals surface area contributed by atoms with Crippen molar-refractivity contribution in [3.63, 3.8) is 0 Å². The zero-order valence-corrected chi connectivity index (χ0v) is 19.3. The predicted octanol–water partition coefficient (Wildman–Crippen LogP) is 1.98. The molecule has 0 radical (unpaired) electrons. The lowest BCUT2D eigenvalue weighted by Crippen LogP contribution is -2.29. The van der Waals surface area contributed by atoms with E-state index in [9.17, 15) is 16.8 Å². The molecule has 10 heteroatoms. The van der Waals surface area contributed by atoms with E-state index < -0.39 is 20.0 Å². The number of nitrogens with two attached hydrogens (primary N) is 1. The molecule has 31 heavy (non-hydrogen) atoms. The molecule has 8 nitrogen and oxygen atoms in total. The molecule has 2 aromatic rings. The lowest BCUT2D eigenvalue weighted by Gasteiger charge is -2.18. The van der Waals surface area contributed by atoms with Crippen molar-refractivity contribution >= 4 is 20.0 Å². The van der Waals surface area contributed by atoms with Crippen molar-refractivity contribution in [2.45, 2.75) is 43.6 Å². The number of ether oxygens (including phenoxy) is 2. The number of rotatable bonds is 10. The van der Waals surface area contributed by atoms with Gasteiger partial charge in [-0.05, 0) is 50.5 Å². The summed E-state index contributed by atoms with van der Waals surface area (Å²) in [6, 6.07) is 11.8. The van der Waals surface area contributed by atoms with E-state index in [4.69, 9.17) is 14.6 Å². The average molecular weight is 469 g/mol. The van der Waals surface area contributed by atoms with Gasteiger partial charge in [0, 0.05) is 18.5 Å². The SMILES string of the molecule is CC1(C)Cc2cccc(OCCCS(=O)(=O)NCCc3ccc(S(N)(=O)=O)cc3)c2O1. The molecule has 0 spiro atoms. The predicted molar refractivity (Wildman–Crippen MR) is 118 cm³/mol.